The van der Waals surface area contributed by atoms with Crippen molar-refractivity contribution in [3.8, 4) is 0 Å². The molecule has 7 heteroatoms. The van der Waals surface area contributed by atoms with Crippen LogP contribution in [0.5, 0.6) is 0 Å². The Morgan fingerprint density at radius 3 is 2.55 bits per heavy atom. The highest BCUT2D eigenvalue weighted by Crippen LogP contribution is 2.29. The molecular formula is C13H13N3O4. The molecule has 104 valence electrons. The number of nitrogens with zero attached hydrogens (tertiary/aromatic N) is 2. The molecule has 3 rings (SSSR count). The zero-order valence-electron chi connectivity index (χ0n) is 11.0. The predicted molar refractivity (Wildman–Crippen MR) is 69.6 cm³/mol. The van der Waals surface area contributed by atoms with E-state index in [1.807, 2.05) is 32.0 Å². The van der Waals surface area contributed by atoms with Gasteiger partial charge in [0.25, 0.3) is 5.89 Å². The maximum absolute atomic E-state index is 11.9. The molecule has 7 nitrogen and oxygen atoms in total. The second-order valence-corrected chi connectivity index (χ2v) is 4.78. The molecule has 1 aliphatic heterocycles. The van der Waals surface area contributed by atoms with Gasteiger partial charge in [0.05, 0.1) is 6.54 Å². The van der Waals surface area contributed by atoms with Gasteiger partial charge in [0.1, 0.15) is 0 Å². The second-order valence-electron chi connectivity index (χ2n) is 4.78. The molecule has 1 fully saturated rings. The first-order valence-corrected chi connectivity index (χ1v) is 6.15. The Kier molecular flexibility index (Phi) is 2.81. The zero-order valence-corrected chi connectivity index (χ0v) is 11.0. The normalized spacial score (nSPS) is 18.4. The standard InChI is InChI=1S/C13H13N3O4/c1-7-3-8(2)5-9(4-7)16-6-10(19-13(16)18)11-14-15-12(17)20-11/h3-5,10H,6H2,1-2H3,(H,15,17). The van der Waals surface area contributed by atoms with Crippen LogP contribution in [0.2, 0.25) is 0 Å². The van der Waals surface area contributed by atoms with Crippen LogP contribution in [0.3, 0.4) is 0 Å². The maximum Gasteiger partial charge on any atom is 0.434 e. The number of rotatable bonds is 2. The fraction of sp³-hybridized carbons (Fsp3) is 0.308. The van der Waals surface area contributed by atoms with E-state index in [1.54, 1.807) is 0 Å². The number of aromatic nitrogens is 2. The molecule has 1 amide bonds. The van der Waals surface area contributed by atoms with Crippen molar-refractivity contribution in [3.05, 3.63) is 45.8 Å². The van der Waals surface area contributed by atoms with Gasteiger partial charge in [0.2, 0.25) is 0 Å². The van der Waals surface area contributed by atoms with Gasteiger partial charge in [-0.1, -0.05) is 6.07 Å². The molecule has 0 aliphatic carbocycles. The first-order valence-electron chi connectivity index (χ1n) is 6.15. The number of nitrogens with one attached hydrogen (secondary N) is 1. The summed E-state index contributed by atoms with van der Waals surface area (Å²) in [6.07, 6.45) is -1.16. The van der Waals surface area contributed by atoms with Crippen LogP contribution >= 0.6 is 0 Å². The minimum Gasteiger partial charge on any atom is -0.434 e. The van der Waals surface area contributed by atoms with Crippen molar-refractivity contribution in [2.24, 2.45) is 0 Å². The minimum atomic E-state index is -0.678. The summed E-state index contributed by atoms with van der Waals surface area (Å²) < 4.78 is 10.0. The third-order valence-electron chi connectivity index (χ3n) is 3.06. The van der Waals surface area contributed by atoms with Crippen LogP contribution < -0.4 is 10.7 Å². The van der Waals surface area contributed by atoms with Gasteiger partial charge >= 0.3 is 11.8 Å². The lowest BCUT2D eigenvalue weighted by Crippen LogP contribution is -2.23. The number of H-pyrrole nitrogens is 1. The molecule has 2 aromatic rings. The van der Waals surface area contributed by atoms with E-state index >= 15 is 0 Å². The van der Waals surface area contributed by atoms with E-state index in [-0.39, 0.29) is 12.4 Å². The van der Waals surface area contributed by atoms with E-state index in [2.05, 4.69) is 10.2 Å². The third kappa shape index (κ3) is 2.18. The number of cyclic esters (lactones) is 1. The average molecular weight is 275 g/mol. The molecule has 2 heterocycles. The number of aryl methyl sites for hydroxylation is 2. The molecular weight excluding hydrogens is 262 g/mol. The van der Waals surface area contributed by atoms with Gasteiger partial charge in [0.15, 0.2) is 6.10 Å². The van der Waals surface area contributed by atoms with Gasteiger partial charge in [-0.3, -0.25) is 4.90 Å². The summed E-state index contributed by atoms with van der Waals surface area (Å²) in [5.41, 5.74) is 2.87. The number of amides is 1. The van der Waals surface area contributed by atoms with E-state index in [1.165, 1.54) is 4.90 Å². The number of carbonyl (C=O) groups is 1. The number of hydrogen-bond acceptors (Lipinski definition) is 5. The summed E-state index contributed by atoms with van der Waals surface area (Å²) in [5.74, 6) is -0.587. The summed E-state index contributed by atoms with van der Waals surface area (Å²) in [6.45, 7) is 4.18. The minimum absolute atomic E-state index is 0.0789. The molecule has 1 aromatic heterocycles. The van der Waals surface area contributed by atoms with E-state index in [9.17, 15) is 9.59 Å². The molecule has 1 N–H and O–H groups in total. The van der Waals surface area contributed by atoms with Crippen molar-refractivity contribution in [2.45, 2.75) is 20.0 Å². The SMILES string of the molecule is Cc1cc(C)cc(N2CC(c3n[nH]c(=O)o3)OC2=O)c1. The first kappa shape index (κ1) is 12.5. The van der Waals surface area contributed by atoms with E-state index in [4.69, 9.17) is 9.15 Å². The second kappa shape index (κ2) is 4.52. The molecule has 0 saturated carbocycles. The molecule has 0 bridgehead atoms. The van der Waals surface area contributed by atoms with Gasteiger partial charge in [0, 0.05) is 5.69 Å². The number of hydrogen-bond donors (Lipinski definition) is 1. The number of anilines is 1. The lowest BCUT2D eigenvalue weighted by Gasteiger charge is -2.14. The van der Waals surface area contributed by atoms with Crippen molar-refractivity contribution in [1.82, 2.24) is 10.2 Å². The Morgan fingerprint density at radius 2 is 1.95 bits per heavy atom. The van der Waals surface area contributed by atoms with Crippen molar-refractivity contribution < 1.29 is 13.9 Å². The van der Waals surface area contributed by atoms with Gasteiger partial charge in [-0.05, 0) is 37.1 Å². The van der Waals surface area contributed by atoms with Crippen molar-refractivity contribution in [1.29, 1.82) is 0 Å². The van der Waals surface area contributed by atoms with Crippen molar-refractivity contribution >= 4 is 11.8 Å². The van der Waals surface area contributed by atoms with Gasteiger partial charge < -0.3 is 9.15 Å². The summed E-state index contributed by atoms with van der Waals surface area (Å²) >= 11 is 0. The fourth-order valence-electron chi connectivity index (χ4n) is 2.29. The molecule has 1 atom stereocenters. The molecule has 20 heavy (non-hydrogen) atoms. The monoisotopic (exact) mass is 275 g/mol. The number of aromatic amines is 1. The van der Waals surface area contributed by atoms with Crippen LogP contribution in [0.15, 0.2) is 27.4 Å². The average Bonchev–Trinajstić information content (AvgIpc) is 2.94. The highest BCUT2D eigenvalue weighted by atomic mass is 16.6. The number of ether oxygens (including phenoxy) is 1. The number of benzene rings is 1. The summed E-state index contributed by atoms with van der Waals surface area (Å²) in [7, 11) is 0. The van der Waals surface area contributed by atoms with E-state index in [0.717, 1.165) is 16.8 Å². The smallest absolute Gasteiger partial charge is 0.434 e. The summed E-state index contributed by atoms with van der Waals surface area (Å²) in [4.78, 5) is 24.4. The largest absolute Gasteiger partial charge is 0.434 e. The quantitative estimate of drug-likeness (QED) is 0.900. The Bertz CT molecular complexity index is 698. The van der Waals surface area contributed by atoms with Gasteiger partial charge in [-0.2, -0.15) is 0 Å². The van der Waals surface area contributed by atoms with Crippen LogP contribution in [0.25, 0.3) is 0 Å². The van der Waals surface area contributed by atoms with Gasteiger partial charge in [-0.15, -0.1) is 5.10 Å². The van der Waals surface area contributed by atoms with E-state index < -0.39 is 18.0 Å². The molecule has 0 radical (unpaired) electrons. The zero-order chi connectivity index (χ0) is 14.3. The summed E-state index contributed by atoms with van der Waals surface area (Å²) in [6, 6.07) is 5.82. The lowest BCUT2D eigenvalue weighted by molar-refractivity contribution is 0.125. The van der Waals surface area contributed by atoms with Crippen LogP contribution in [0.4, 0.5) is 10.5 Å². The number of carbonyl (C=O) groups excluding carboxylic acids is 1. The molecule has 1 saturated heterocycles. The lowest BCUT2D eigenvalue weighted by atomic mass is 10.1. The third-order valence-corrected chi connectivity index (χ3v) is 3.06. The summed E-state index contributed by atoms with van der Waals surface area (Å²) in [5, 5.41) is 5.84. The van der Waals surface area contributed by atoms with Crippen molar-refractivity contribution in [2.75, 3.05) is 11.4 Å². The van der Waals surface area contributed by atoms with Gasteiger partial charge in [-0.25, -0.2) is 14.7 Å². The van der Waals surface area contributed by atoms with Crippen LogP contribution in [-0.4, -0.2) is 22.8 Å². The Balaban J connectivity index is 1.88. The highest BCUT2D eigenvalue weighted by molar-refractivity contribution is 5.90. The maximum atomic E-state index is 11.9. The Labute approximate surface area is 114 Å². The van der Waals surface area contributed by atoms with Crippen LogP contribution in [0, 0.1) is 13.8 Å². The van der Waals surface area contributed by atoms with Crippen LogP contribution in [-0.2, 0) is 4.74 Å². The molecule has 0 spiro atoms. The molecule has 1 unspecified atom stereocenters. The highest BCUT2D eigenvalue weighted by Gasteiger charge is 2.36. The van der Waals surface area contributed by atoms with Crippen LogP contribution in [0.1, 0.15) is 23.1 Å². The first-order chi connectivity index (χ1) is 9.52. The van der Waals surface area contributed by atoms with Crippen molar-refractivity contribution in [3.63, 3.8) is 0 Å². The predicted octanol–water partition coefficient (Wildman–Crippen LogP) is 1.68. The molecule has 1 aromatic carbocycles. The van der Waals surface area contributed by atoms with E-state index in [0.29, 0.717) is 0 Å². The molecule has 1 aliphatic rings. The topological polar surface area (TPSA) is 88.4 Å². The Hall–Kier alpha value is -2.57. The fourth-order valence-corrected chi connectivity index (χ4v) is 2.29. The Morgan fingerprint density at radius 1 is 1.25 bits per heavy atom.